The molecule has 3 rings (SSSR count). The van der Waals surface area contributed by atoms with E-state index in [4.69, 9.17) is 0 Å². The average Bonchev–Trinajstić information content (AvgIpc) is 2.77. The lowest BCUT2D eigenvalue weighted by molar-refractivity contribution is 0.0997. The van der Waals surface area contributed by atoms with Gasteiger partial charge in [0, 0.05) is 19.6 Å². The van der Waals surface area contributed by atoms with Crippen LogP contribution in [0.4, 0.5) is 4.39 Å². The second kappa shape index (κ2) is 11.3. The van der Waals surface area contributed by atoms with Gasteiger partial charge in [-0.2, -0.15) is 0 Å². The van der Waals surface area contributed by atoms with Crippen molar-refractivity contribution in [1.29, 1.82) is 0 Å². The summed E-state index contributed by atoms with van der Waals surface area (Å²) in [5.41, 5.74) is 5.00. The highest BCUT2D eigenvalue weighted by molar-refractivity contribution is 5.24. The first-order valence-electron chi connectivity index (χ1n) is 11.6. The van der Waals surface area contributed by atoms with Gasteiger partial charge in [-0.1, -0.05) is 74.5 Å². The van der Waals surface area contributed by atoms with E-state index in [9.17, 15) is 4.39 Å². The summed E-state index contributed by atoms with van der Waals surface area (Å²) in [4.78, 5) is 2.12. The standard InChI is InChI=1S/C27H38FN3/c1-20(2)5-8-23-11-13-24(14-12-23)17-30-22(4)31(27-15-16-29-18-26(27)28)19-25-9-6-21(3)7-10-25/h6-7,9-14,20,26-27,29-30H,4-5,8,15-19H2,1-3H3. The van der Waals surface area contributed by atoms with E-state index in [0.717, 1.165) is 31.1 Å². The zero-order valence-corrected chi connectivity index (χ0v) is 19.3. The molecule has 1 heterocycles. The Morgan fingerprint density at radius 3 is 2.39 bits per heavy atom. The number of nitrogens with one attached hydrogen (secondary N) is 2. The molecule has 1 aliphatic rings. The molecule has 168 valence electrons. The first kappa shape index (κ1) is 23.3. The van der Waals surface area contributed by atoms with Crippen LogP contribution >= 0.6 is 0 Å². The number of benzene rings is 2. The number of nitrogens with zero attached hydrogens (tertiary/aromatic N) is 1. The van der Waals surface area contributed by atoms with E-state index in [2.05, 4.69) is 91.4 Å². The van der Waals surface area contributed by atoms with Gasteiger partial charge in [0.15, 0.2) is 0 Å². The first-order chi connectivity index (χ1) is 14.9. The zero-order chi connectivity index (χ0) is 22.2. The lowest BCUT2D eigenvalue weighted by atomic mass is 10.0. The minimum atomic E-state index is -0.905. The molecule has 1 saturated heterocycles. The van der Waals surface area contributed by atoms with Gasteiger partial charge in [0.2, 0.25) is 0 Å². The van der Waals surface area contributed by atoms with Crippen molar-refractivity contribution in [3.8, 4) is 0 Å². The molecule has 2 unspecified atom stereocenters. The Balaban J connectivity index is 1.64. The molecule has 0 aromatic heterocycles. The van der Waals surface area contributed by atoms with Crippen LogP contribution in [0.15, 0.2) is 60.9 Å². The normalized spacial score (nSPS) is 18.7. The Morgan fingerprint density at radius 1 is 1.10 bits per heavy atom. The SMILES string of the molecule is C=C(NCc1ccc(CCC(C)C)cc1)N(Cc1ccc(C)cc1)C1CCNCC1F. The quantitative estimate of drug-likeness (QED) is 0.540. The van der Waals surface area contributed by atoms with Gasteiger partial charge in [-0.15, -0.1) is 0 Å². The van der Waals surface area contributed by atoms with E-state index in [1.54, 1.807) is 0 Å². The number of hydrogen-bond donors (Lipinski definition) is 2. The van der Waals surface area contributed by atoms with Crippen LogP contribution in [0.5, 0.6) is 0 Å². The van der Waals surface area contributed by atoms with Crippen molar-refractivity contribution < 1.29 is 4.39 Å². The number of piperidine rings is 1. The van der Waals surface area contributed by atoms with Crippen LogP contribution in [-0.2, 0) is 19.5 Å². The summed E-state index contributed by atoms with van der Waals surface area (Å²) < 4.78 is 14.8. The molecule has 2 N–H and O–H groups in total. The van der Waals surface area contributed by atoms with Crippen LogP contribution in [0.3, 0.4) is 0 Å². The molecule has 31 heavy (non-hydrogen) atoms. The molecule has 1 fully saturated rings. The van der Waals surface area contributed by atoms with Crippen molar-refractivity contribution in [2.45, 2.75) is 65.3 Å². The lowest BCUT2D eigenvalue weighted by Crippen LogP contribution is -2.51. The Hall–Kier alpha value is -2.33. The van der Waals surface area contributed by atoms with Gasteiger partial charge < -0.3 is 15.5 Å². The molecule has 2 aromatic rings. The van der Waals surface area contributed by atoms with E-state index in [0.29, 0.717) is 19.6 Å². The molecule has 2 aromatic carbocycles. The number of hydrogen-bond acceptors (Lipinski definition) is 3. The maximum atomic E-state index is 14.8. The molecular weight excluding hydrogens is 385 g/mol. The van der Waals surface area contributed by atoms with Crippen molar-refractivity contribution in [3.63, 3.8) is 0 Å². The van der Waals surface area contributed by atoms with Crippen LogP contribution in [0.2, 0.25) is 0 Å². The molecule has 1 aliphatic heterocycles. The largest absolute Gasteiger partial charge is 0.368 e. The third kappa shape index (κ3) is 7.10. The van der Waals surface area contributed by atoms with Crippen LogP contribution in [-0.4, -0.2) is 30.2 Å². The van der Waals surface area contributed by atoms with E-state index >= 15 is 0 Å². The van der Waals surface area contributed by atoms with E-state index in [-0.39, 0.29) is 6.04 Å². The topological polar surface area (TPSA) is 27.3 Å². The highest BCUT2D eigenvalue weighted by Crippen LogP contribution is 2.22. The highest BCUT2D eigenvalue weighted by Gasteiger charge is 2.31. The molecule has 3 nitrogen and oxygen atoms in total. The third-order valence-corrected chi connectivity index (χ3v) is 6.12. The van der Waals surface area contributed by atoms with Crippen molar-refractivity contribution in [2.24, 2.45) is 5.92 Å². The molecule has 0 aliphatic carbocycles. The number of aryl methyl sites for hydroxylation is 2. The number of rotatable bonds is 10. The summed E-state index contributed by atoms with van der Waals surface area (Å²) in [5, 5.41) is 6.62. The summed E-state index contributed by atoms with van der Waals surface area (Å²) in [6, 6.07) is 17.1. The average molecular weight is 424 g/mol. The maximum absolute atomic E-state index is 14.8. The molecule has 0 saturated carbocycles. The summed E-state index contributed by atoms with van der Waals surface area (Å²) in [6.07, 6.45) is 2.20. The maximum Gasteiger partial charge on any atom is 0.133 e. The van der Waals surface area contributed by atoms with E-state index in [1.807, 2.05) is 0 Å². The van der Waals surface area contributed by atoms with Gasteiger partial charge >= 0.3 is 0 Å². The highest BCUT2D eigenvalue weighted by atomic mass is 19.1. The molecule has 2 atom stereocenters. The fraction of sp³-hybridized carbons (Fsp3) is 0.481. The number of halogens is 1. The van der Waals surface area contributed by atoms with Crippen molar-refractivity contribution in [1.82, 2.24) is 15.5 Å². The van der Waals surface area contributed by atoms with Gasteiger partial charge in [-0.3, -0.25) is 0 Å². The molecule has 0 radical (unpaired) electrons. The van der Waals surface area contributed by atoms with Crippen LogP contribution in [0.25, 0.3) is 0 Å². The predicted octanol–water partition coefficient (Wildman–Crippen LogP) is 5.35. The summed E-state index contributed by atoms with van der Waals surface area (Å²) >= 11 is 0. The second-order valence-electron chi connectivity index (χ2n) is 9.24. The third-order valence-electron chi connectivity index (χ3n) is 6.12. The minimum Gasteiger partial charge on any atom is -0.368 e. The monoisotopic (exact) mass is 423 g/mol. The van der Waals surface area contributed by atoms with E-state index in [1.165, 1.54) is 28.7 Å². The number of alkyl halides is 1. The van der Waals surface area contributed by atoms with Crippen molar-refractivity contribution in [3.05, 3.63) is 83.2 Å². The second-order valence-corrected chi connectivity index (χ2v) is 9.24. The first-order valence-corrected chi connectivity index (χ1v) is 11.6. The molecule has 0 bridgehead atoms. The summed E-state index contributed by atoms with van der Waals surface area (Å²) in [5.74, 6) is 1.51. The summed E-state index contributed by atoms with van der Waals surface area (Å²) in [6.45, 7) is 13.5. The molecule has 4 heteroatoms. The Morgan fingerprint density at radius 2 is 1.74 bits per heavy atom. The van der Waals surface area contributed by atoms with Crippen molar-refractivity contribution in [2.75, 3.05) is 13.1 Å². The van der Waals surface area contributed by atoms with Gasteiger partial charge in [0.1, 0.15) is 6.17 Å². The van der Waals surface area contributed by atoms with Crippen molar-refractivity contribution >= 4 is 0 Å². The van der Waals surface area contributed by atoms with E-state index < -0.39 is 6.17 Å². The smallest absolute Gasteiger partial charge is 0.133 e. The minimum absolute atomic E-state index is 0.166. The Kier molecular flexibility index (Phi) is 8.53. The lowest BCUT2D eigenvalue weighted by Gasteiger charge is -2.39. The predicted molar refractivity (Wildman–Crippen MR) is 128 cm³/mol. The summed E-state index contributed by atoms with van der Waals surface area (Å²) in [7, 11) is 0. The van der Waals surface area contributed by atoms with Gasteiger partial charge in [0.05, 0.1) is 11.9 Å². The van der Waals surface area contributed by atoms with Crippen LogP contribution < -0.4 is 10.6 Å². The molecule has 0 spiro atoms. The zero-order valence-electron chi connectivity index (χ0n) is 19.3. The molecule has 0 amide bonds. The Labute approximate surface area is 187 Å². The van der Waals surface area contributed by atoms with Crippen LogP contribution in [0, 0.1) is 12.8 Å². The van der Waals surface area contributed by atoms with Crippen LogP contribution in [0.1, 0.15) is 48.9 Å². The fourth-order valence-electron chi connectivity index (χ4n) is 4.05. The van der Waals surface area contributed by atoms with Gasteiger partial charge in [-0.25, -0.2) is 4.39 Å². The molecular formula is C27H38FN3. The Bertz CT molecular complexity index is 813. The van der Waals surface area contributed by atoms with Gasteiger partial charge in [-0.05, 0) is 55.3 Å². The van der Waals surface area contributed by atoms with Gasteiger partial charge in [0.25, 0.3) is 0 Å². The fourth-order valence-corrected chi connectivity index (χ4v) is 4.05.